The van der Waals surface area contributed by atoms with Crippen molar-refractivity contribution in [2.24, 2.45) is 0 Å². The fourth-order valence-electron chi connectivity index (χ4n) is 3.76. The molecule has 7 heteroatoms. The summed E-state index contributed by atoms with van der Waals surface area (Å²) < 4.78 is 2.05. The predicted molar refractivity (Wildman–Crippen MR) is 103 cm³/mol. The Labute approximate surface area is 158 Å². The molecule has 1 N–H and O–H groups in total. The molecule has 27 heavy (non-hydrogen) atoms. The summed E-state index contributed by atoms with van der Waals surface area (Å²) >= 11 is 0. The smallest absolute Gasteiger partial charge is 0.254 e. The van der Waals surface area contributed by atoms with Crippen LogP contribution < -0.4 is 5.56 Å². The van der Waals surface area contributed by atoms with Crippen LogP contribution in [0.2, 0.25) is 0 Å². The summed E-state index contributed by atoms with van der Waals surface area (Å²) in [5.41, 5.74) is 6.03. The van der Waals surface area contributed by atoms with Crippen molar-refractivity contribution < 1.29 is 0 Å². The number of fused-ring (bicyclic) bond motifs is 1. The first-order valence-corrected chi connectivity index (χ1v) is 9.34. The summed E-state index contributed by atoms with van der Waals surface area (Å²) in [5.74, 6) is 0.583. The SMILES string of the molecule is CCn1nc(C)c(CN2CCc3c(nc(-c4cccnc4)[nH]c3=O)C2)c1C. The maximum Gasteiger partial charge on any atom is 0.254 e. The van der Waals surface area contributed by atoms with E-state index in [1.165, 1.54) is 11.3 Å². The van der Waals surface area contributed by atoms with Gasteiger partial charge < -0.3 is 4.98 Å². The van der Waals surface area contributed by atoms with Crippen LogP contribution >= 0.6 is 0 Å². The summed E-state index contributed by atoms with van der Waals surface area (Å²) in [5, 5.41) is 4.62. The van der Waals surface area contributed by atoms with Crippen molar-refractivity contribution in [1.82, 2.24) is 29.6 Å². The molecule has 4 heterocycles. The van der Waals surface area contributed by atoms with Crippen LogP contribution in [0.4, 0.5) is 0 Å². The number of H-pyrrole nitrogens is 1. The van der Waals surface area contributed by atoms with E-state index in [1.807, 2.05) is 16.8 Å². The lowest BCUT2D eigenvalue weighted by Gasteiger charge is -2.27. The van der Waals surface area contributed by atoms with E-state index < -0.39 is 0 Å². The second-order valence-corrected chi connectivity index (χ2v) is 7.01. The molecule has 0 atom stereocenters. The number of nitrogens with zero attached hydrogens (tertiary/aromatic N) is 5. The summed E-state index contributed by atoms with van der Waals surface area (Å²) in [4.78, 5) is 26.6. The molecule has 0 fully saturated rings. The molecule has 3 aromatic rings. The largest absolute Gasteiger partial charge is 0.306 e. The standard InChI is InChI=1S/C20H24N6O/c1-4-26-14(3)17(13(2)24-26)11-25-9-7-16-18(12-25)22-19(23-20(16)27)15-6-5-8-21-10-15/h5-6,8,10H,4,7,9,11-12H2,1-3H3,(H,22,23,27). The van der Waals surface area contributed by atoms with Crippen molar-refractivity contribution in [1.29, 1.82) is 0 Å². The monoisotopic (exact) mass is 364 g/mol. The Morgan fingerprint density at radius 2 is 2.15 bits per heavy atom. The van der Waals surface area contributed by atoms with Gasteiger partial charge in [0.2, 0.25) is 0 Å². The zero-order valence-corrected chi connectivity index (χ0v) is 16.0. The van der Waals surface area contributed by atoms with Crippen LogP contribution in [-0.2, 0) is 26.1 Å². The van der Waals surface area contributed by atoms with Gasteiger partial charge in [-0.05, 0) is 39.3 Å². The Balaban J connectivity index is 1.62. The minimum atomic E-state index is -0.0373. The summed E-state index contributed by atoms with van der Waals surface area (Å²) in [7, 11) is 0. The van der Waals surface area contributed by atoms with Crippen LogP contribution in [-0.4, -0.2) is 36.2 Å². The molecule has 1 aliphatic rings. The van der Waals surface area contributed by atoms with Crippen molar-refractivity contribution in [3.05, 3.63) is 63.1 Å². The molecule has 1 aliphatic heterocycles. The number of rotatable bonds is 4. The minimum absolute atomic E-state index is 0.0373. The van der Waals surface area contributed by atoms with E-state index in [0.717, 1.165) is 42.1 Å². The Bertz CT molecular complexity index is 1020. The molecule has 4 rings (SSSR count). The van der Waals surface area contributed by atoms with Gasteiger partial charge in [0, 0.05) is 61.0 Å². The zero-order chi connectivity index (χ0) is 19.0. The second kappa shape index (κ2) is 7.08. The predicted octanol–water partition coefficient (Wildman–Crippen LogP) is 2.22. The lowest BCUT2D eigenvalue weighted by atomic mass is 10.0. The van der Waals surface area contributed by atoms with Crippen molar-refractivity contribution in [3.8, 4) is 11.4 Å². The Kier molecular flexibility index (Phi) is 4.61. The molecule has 0 radical (unpaired) electrons. The topological polar surface area (TPSA) is 79.7 Å². The molecule has 0 aliphatic carbocycles. The van der Waals surface area contributed by atoms with Gasteiger partial charge in [-0.3, -0.25) is 19.4 Å². The summed E-state index contributed by atoms with van der Waals surface area (Å²) in [6, 6.07) is 3.75. The molecule has 0 unspecified atom stereocenters. The van der Waals surface area contributed by atoms with Crippen molar-refractivity contribution in [3.63, 3.8) is 0 Å². The highest BCUT2D eigenvalue weighted by Gasteiger charge is 2.23. The fourth-order valence-corrected chi connectivity index (χ4v) is 3.76. The highest BCUT2D eigenvalue weighted by atomic mass is 16.1. The van der Waals surface area contributed by atoms with Crippen LogP contribution in [0.5, 0.6) is 0 Å². The van der Waals surface area contributed by atoms with Crippen molar-refractivity contribution in [2.45, 2.75) is 46.8 Å². The third kappa shape index (κ3) is 3.30. The Morgan fingerprint density at radius 1 is 1.30 bits per heavy atom. The Hall–Kier alpha value is -2.80. The van der Waals surface area contributed by atoms with E-state index in [1.54, 1.807) is 12.4 Å². The molecule has 0 saturated heterocycles. The molecule has 140 valence electrons. The fraction of sp³-hybridized carbons (Fsp3) is 0.400. The number of hydrogen-bond acceptors (Lipinski definition) is 5. The van der Waals surface area contributed by atoms with E-state index in [2.05, 4.69) is 40.7 Å². The highest BCUT2D eigenvalue weighted by molar-refractivity contribution is 5.53. The van der Waals surface area contributed by atoms with E-state index in [-0.39, 0.29) is 5.56 Å². The second-order valence-electron chi connectivity index (χ2n) is 7.01. The minimum Gasteiger partial charge on any atom is -0.306 e. The first-order valence-electron chi connectivity index (χ1n) is 9.34. The quantitative estimate of drug-likeness (QED) is 0.768. The van der Waals surface area contributed by atoms with Crippen LogP contribution in [0.25, 0.3) is 11.4 Å². The average molecular weight is 364 g/mol. The van der Waals surface area contributed by atoms with E-state index in [9.17, 15) is 4.79 Å². The van der Waals surface area contributed by atoms with Crippen molar-refractivity contribution >= 4 is 0 Å². The normalized spacial score (nSPS) is 14.3. The zero-order valence-electron chi connectivity index (χ0n) is 16.0. The van der Waals surface area contributed by atoms with Gasteiger partial charge in [-0.25, -0.2) is 4.98 Å². The van der Waals surface area contributed by atoms with Gasteiger partial charge in [-0.2, -0.15) is 5.10 Å². The van der Waals surface area contributed by atoms with E-state index in [0.29, 0.717) is 18.8 Å². The van der Waals surface area contributed by atoms with E-state index in [4.69, 9.17) is 4.98 Å². The van der Waals surface area contributed by atoms with Gasteiger partial charge >= 0.3 is 0 Å². The molecular formula is C20H24N6O. The molecule has 0 aromatic carbocycles. The summed E-state index contributed by atoms with van der Waals surface area (Å²) in [6.07, 6.45) is 4.14. The molecule has 0 spiro atoms. The number of nitrogens with one attached hydrogen (secondary N) is 1. The van der Waals surface area contributed by atoms with Crippen molar-refractivity contribution in [2.75, 3.05) is 6.54 Å². The molecule has 0 amide bonds. The van der Waals surface area contributed by atoms with Crippen LogP contribution in [0.3, 0.4) is 0 Å². The third-order valence-corrected chi connectivity index (χ3v) is 5.30. The number of aryl methyl sites for hydroxylation is 2. The van der Waals surface area contributed by atoms with Gasteiger partial charge in [0.15, 0.2) is 0 Å². The van der Waals surface area contributed by atoms with Gasteiger partial charge in [0.1, 0.15) is 5.82 Å². The van der Waals surface area contributed by atoms with E-state index >= 15 is 0 Å². The first-order chi connectivity index (χ1) is 13.1. The molecule has 7 nitrogen and oxygen atoms in total. The van der Waals surface area contributed by atoms with Gasteiger partial charge in [-0.15, -0.1) is 0 Å². The van der Waals surface area contributed by atoms with Crippen LogP contribution in [0.1, 0.15) is 35.1 Å². The number of aromatic nitrogens is 5. The van der Waals surface area contributed by atoms with Gasteiger partial charge in [-0.1, -0.05) is 0 Å². The third-order valence-electron chi connectivity index (χ3n) is 5.30. The van der Waals surface area contributed by atoms with Crippen LogP contribution in [0, 0.1) is 13.8 Å². The maximum atomic E-state index is 12.5. The van der Waals surface area contributed by atoms with Crippen LogP contribution in [0.15, 0.2) is 29.3 Å². The Morgan fingerprint density at radius 3 is 2.85 bits per heavy atom. The molecule has 0 bridgehead atoms. The average Bonchev–Trinajstić information content (AvgIpc) is 2.96. The molecule has 0 saturated carbocycles. The van der Waals surface area contributed by atoms with Gasteiger partial charge in [0.05, 0.1) is 11.4 Å². The van der Waals surface area contributed by atoms with Gasteiger partial charge in [0.25, 0.3) is 5.56 Å². The summed E-state index contributed by atoms with van der Waals surface area (Å²) in [6.45, 7) is 9.52. The molecular weight excluding hydrogens is 340 g/mol. The maximum absolute atomic E-state index is 12.5. The first kappa shape index (κ1) is 17.6. The lowest BCUT2D eigenvalue weighted by molar-refractivity contribution is 0.239. The lowest BCUT2D eigenvalue weighted by Crippen LogP contribution is -2.35. The molecule has 3 aromatic heterocycles. The number of aromatic amines is 1. The number of hydrogen-bond donors (Lipinski definition) is 1. The highest BCUT2D eigenvalue weighted by Crippen LogP contribution is 2.22. The number of pyridine rings is 1.